The van der Waals surface area contributed by atoms with Crippen molar-refractivity contribution in [1.82, 2.24) is 4.90 Å². The minimum atomic E-state index is 0.277. The molecule has 0 N–H and O–H groups in total. The summed E-state index contributed by atoms with van der Waals surface area (Å²) in [5.74, 6) is 0. The van der Waals surface area contributed by atoms with E-state index >= 15 is 0 Å². The highest BCUT2D eigenvalue weighted by Crippen LogP contribution is 2.09. The molecule has 2 atom stereocenters. The lowest BCUT2D eigenvalue weighted by molar-refractivity contribution is -0.0441. The molecule has 1 heterocycles. The first-order valence-electron chi connectivity index (χ1n) is 3.96. The van der Waals surface area contributed by atoms with Crippen LogP contribution in [0.2, 0.25) is 0 Å². The standard InChI is InChI=1S/C8H14N2O/c1-7-6-11-8(2)5-10(7)4-3-9/h7-8H,4-6H2,1-2H3/t7-,8+/m1/s1. The number of nitriles is 1. The van der Waals surface area contributed by atoms with Crippen LogP contribution in [0.15, 0.2) is 0 Å². The van der Waals surface area contributed by atoms with Crippen LogP contribution in [0.3, 0.4) is 0 Å². The molecule has 0 bridgehead atoms. The molecule has 1 saturated heterocycles. The van der Waals surface area contributed by atoms with E-state index in [1.165, 1.54) is 0 Å². The molecule has 0 aromatic rings. The van der Waals surface area contributed by atoms with Gasteiger partial charge < -0.3 is 4.74 Å². The Labute approximate surface area is 67.6 Å². The van der Waals surface area contributed by atoms with Gasteiger partial charge in [-0.15, -0.1) is 0 Å². The highest BCUT2D eigenvalue weighted by molar-refractivity contribution is 4.83. The van der Waals surface area contributed by atoms with Crippen LogP contribution in [0.1, 0.15) is 13.8 Å². The summed E-state index contributed by atoms with van der Waals surface area (Å²) < 4.78 is 5.42. The highest BCUT2D eigenvalue weighted by Gasteiger charge is 2.22. The summed E-state index contributed by atoms with van der Waals surface area (Å²) in [5.41, 5.74) is 0. The predicted octanol–water partition coefficient (Wildman–Crippen LogP) is 0.619. The molecule has 1 aliphatic rings. The maximum Gasteiger partial charge on any atom is 0.0869 e. The van der Waals surface area contributed by atoms with Crippen LogP contribution in [0.5, 0.6) is 0 Å². The SMILES string of the molecule is C[C@@H]1CO[C@@H](C)CN1CC#N. The molecular formula is C8H14N2O. The maximum absolute atomic E-state index is 8.49. The summed E-state index contributed by atoms with van der Waals surface area (Å²) >= 11 is 0. The number of hydrogen-bond acceptors (Lipinski definition) is 3. The van der Waals surface area contributed by atoms with Gasteiger partial charge in [0.15, 0.2) is 0 Å². The summed E-state index contributed by atoms with van der Waals surface area (Å²) in [6, 6.07) is 2.55. The van der Waals surface area contributed by atoms with Crippen molar-refractivity contribution >= 4 is 0 Å². The minimum absolute atomic E-state index is 0.277. The summed E-state index contributed by atoms with van der Waals surface area (Å²) in [4.78, 5) is 2.15. The van der Waals surface area contributed by atoms with Crippen LogP contribution >= 0.6 is 0 Å². The lowest BCUT2D eigenvalue weighted by atomic mass is 10.2. The molecule has 0 aliphatic carbocycles. The number of nitrogens with zero attached hydrogens (tertiary/aromatic N) is 2. The average molecular weight is 154 g/mol. The third-order valence-electron chi connectivity index (χ3n) is 2.01. The second-order valence-electron chi connectivity index (χ2n) is 3.08. The van der Waals surface area contributed by atoms with Crippen LogP contribution < -0.4 is 0 Å². The molecule has 0 radical (unpaired) electrons. The van der Waals surface area contributed by atoms with E-state index in [1.54, 1.807) is 0 Å². The van der Waals surface area contributed by atoms with Crippen LogP contribution in [0.25, 0.3) is 0 Å². The van der Waals surface area contributed by atoms with Crippen molar-refractivity contribution in [3.8, 4) is 6.07 Å². The topological polar surface area (TPSA) is 36.3 Å². The van der Waals surface area contributed by atoms with Gasteiger partial charge in [0.2, 0.25) is 0 Å². The molecule has 3 heteroatoms. The van der Waals surface area contributed by atoms with Gasteiger partial charge in [0, 0.05) is 12.6 Å². The first-order valence-corrected chi connectivity index (χ1v) is 3.96. The molecule has 0 aromatic heterocycles. The van der Waals surface area contributed by atoms with Gasteiger partial charge in [0.1, 0.15) is 0 Å². The van der Waals surface area contributed by atoms with Crippen molar-refractivity contribution in [2.45, 2.75) is 26.0 Å². The Morgan fingerprint density at radius 3 is 3.00 bits per heavy atom. The zero-order valence-electron chi connectivity index (χ0n) is 7.08. The monoisotopic (exact) mass is 154 g/mol. The lowest BCUT2D eigenvalue weighted by Gasteiger charge is -2.34. The van der Waals surface area contributed by atoms with Crippen LogP contribution in [0, 0.1) is 11.3 Å². The molecule has 0 spiro atoms. The number of ether oxygens (including phenoxy) is 1. The second kappa shape index (κ2) is 3.70. The molecule has 1 fully saturated rings. The lowest BCUT2D eigenvalue weighted by Crippen LogP contribution is -2.47. The van der Waals surface area contributed by atoms with Crippen molar-refractivity contribution in [2.24, 2.45) is 0 Å². The number of rotatable bonds is 1. The van der Waals surface area contributed by atoms with Crippen molar-refractivity contribution in [3.63, 3.8) is 0 Å². The third kappa shape index (κ3) is 2.18. The average Bonchev–Trinajstić information content (AvgIpc) is 1.98. The van der Waals surface area contributed by atoms with Crippen molar-refractivity contribution in [2.75, 3.05) is 19.7 Å². The molecule has 11 heavy (non-hydrogen) atoms. The Balaban J connectivity index is 2.42. The van der Waals surface area contributed by atoms with Crippen molar-refractivity contribution in [1.29, 1.82) is 5.26 Å². The van der Waals surface area contributed by atoms with E-state index < -0.39 is 0 Å². The molecule has 1 aliphatic heterocycles. The summed E-state index contributed by atoms with van der Waals surface area (Å²) in [5, 5.41) is 8.49. The molecule has 1 rings (SSSR count). The largest absolute Gasteiger partial charge is 0.376 e. The van der Waals surface area contributed by atoms with Gasteiger partial charge in [-0.3, -0.25) is 4.90 Å². The first kappa shape index (κ1) is 8.51. The summed E-state index contributed by atoms with van der Waals surface area (Å²) in [7, 11) is 0. The van der Waals surface area contributed by atoms with Crippen LogP contribution in [-0.4, -0.2) is 36.7 Å². The van der Waals surface area contributed by atoms with E-state index in [0.717, 1.165) is 13.2 Å². The highest BCUT2D eigenvalue weighted by atomic mass is 16.5. The molecule has 0 amide bonds. The zero-order valence-corrected chi connectivity index (χ0v) is 7.08. The van der Waals surface area contributed by atoms with Gasteiger partial charge >= 0.3 is 0 Å². The third-order valence-corrected chi connectivity index (χ3v) is 2.01. The smallest absolute Gasteiger partial charge is 0.0869 e. The summed E-state index contributed by atoms with van der Waals surface area (Å²) in [6.07, 6.45) is 0.277. The van der Waals surface area contributed by atoms with Crippen LogP contribution in [-0.2, 0) is 4.74 Å². The Bertz CT molecular complexity index is 164. The van der Waals surface area contributed by atoms with Gasteiger partial charge in [-0.25, -0.2) is 0 Å². The fourth-order valence-corrected chi connectivity index (χ4v) is 1.28. The van der Waals surface area contributed by atoms with E-state index in [0.29, 0.717) is 12.6 Å². The minimum Gasteiger partial charge on any atom is -0.376 e. The quantitative estimate of drug-likeness (QED) is 0.519. The summed E-state index contributed by atoms with van der Waals surface area (Å²) in [6.45, 7) is 6.28. The molecular weight excluding hydrogens is 140 g/mol. The first-order chi connectivity index (χ1) is 5.24. The normalized spacial score (nSPS) is 33.2. The van der Waals surface area contributed by atoms with E-state index in [9.17, 15) is 0 Å². The van der Waals surface area contributed by atoms with Gasteiger partial charge in [0.05, 0.1) is 25.3 Å². The van der Waals surface area contributed by atoms with E-state index in [4.69, 9.17) is 10.00 Å². The van der Waals surface area contributed by atoms with Crippen molar-refractivity contribution in [3.05, 3.63) is 0 Å². The van der Waals surface area contributed by atoms with Gasteiger partial charge in [-0.2, -0.15) is 5.26 Å². The molecule has 62 valence electrons. The fraction of sp³-hybridized carbons (Fsp3) is 0.875. The van der Waals surface area contributed by atoms with Gasteiger partial charge in [0.25, 0.3) is 0 Å². The zero-order chi connectivity index (χ0) is 8.27. The second-order valence-corrected chi connectivity index (χ2v) is 3.08. The Morgan fingerprint density at radius 1 is 1.64 bits per heavy atom. The van der Waals surface area contributed by atoms with Gasteiger partial charge in [-0.05, 0) is 13.8 Å². The van der Waals surface area contributed by atoms with Gasteiger partial charge in [-0.1, -0.05) is 0 Å². The number of hydrogen-bond donors (Lipinski definition) is 0. The molecule has 0 unspecified atom stereocenters. The maximum atomic E-state index is 8.49. The number of morpholine rings is 1. The molecule has 0 aromatic carbocycles. The Kier molecular flexibility index (Phi) is 2.86. The molecule has 3 nitrogen and oxygen atoms in total. The Morgan fingerprint density at radius 2 is 2.36 bits per heavy atom. The van der Waals surface area contributed by atoms with E-state index in [1.807, 2.05) is 6.92 Å². The van der Waals surface area contributed by atoms with E-state index in [-0.39, 0.29) is 6.10 Å². The predicted molar refractivity (Wildman–Crippen MR) is 42.1 cm³/mol. The van der Waals surface area contributed by atoms with Crippen molar-refractivity contribution < 1.29 is 4.74 Å². The fourth-order valence-electron chi connectivity index (χ4n) is 1.28. The van der Waals surface area contributed by atoms with Crippen LogP contribution in [0.4, 0.5) is 0 Å². The Hall–Kier alpha value is -0.590. The van der Waals surface area contributed by atoms with E-state index in [2.05, 4.69) is 17.9 Å². The molecule has 0 saturated carbocycles.